The summed E-state index contributed by atoms with van der Waals surface area (Å²) in [6, 6.07) is 1.99. The summed E-state index contributed by atoms with van der Waals surface area (Å²) in [6.45, 7) is 6.91. The van der Waals surface area contributed by atoms with Crippen molar-refractivity contribution in [2.24, 2.45) is 0 Å². The predicted octanol–water partition coefficient (Wildman–Crippen LogP) is 2.98. The second-order valence-corrected chi connectivity index (χ2v) is 9.42. The Morgan fingerprint density at radius 3 is 2.57 bits per heavy atom. The Bertz CT molecular complexity index is 328. The van der Waals surface area contributed by atoms with E-state index in [1.165, 1.54) is 0 Å². The van der Waals surface area contributed by atoms with Gasteiger partial charge in [0.25, 0.3) is 0 Å². The maximum atomic E-state index is 5.10. The molecule has 1 aromatic heterocycles. The SMILES string of the molecule is COc1cncc(/C=C/[Si](C)(C)C)c1. The number of rotatable bonds is 3. The smallest absolute Gasteiger partial charge is 0.137 e. The van der Waals surface area contributed by atoms with Gasteiger partial charge in [0.15, 0.2) is 0 Å². The van der Waals surface area contributed by atoms with Crippen LogP contribution in [-0.2, 0) is 0 Å². The lowest BCUT2D eigenvalue weighted by Gasteiger charge is -2.08. The molecule has 0 spiro atoms. The second-order valence-electron chi connectivity index (χ2n) is 4.36. The summed E-state index contributed by atoms with van der Waals surface area (Å²) in [4.78, 5) is 4.10. The highest BCUT2D eigenvalue weighted by atomic mass is 28.3. The molecule has 0 N–H and O–H groups in total. The van der Waals surface area contributed by atoms with E-state index in [1.807, 2.05) is 12.3 Å². The van der Waals surface area contributed by atoms with Crippen molar-refractivity contribution in [2.45, 2.75) is 19.6 Å². The van der Waals surface area contributed by atoms with E-state index in [0.717, 1.165) is 11.3 Å². The van der Waals surface area contributed by atoms with Gasteiger partial charge in [-0.05, 0) is 11.6 Å². The molecule has 0 aromatic carbocycles. The first kappa shape index (κ1) is 11.0. The average Bonchev–Trinajstić information content (AvgIpc) is 2.14. The molecule has 0 radical (unpaired) electrons. The highest BCUT2D eigenvalue weighted by molar-refractivity contribution is 6.81. The van der Waals surface area contributed by atoms with Gasteiger partial charge >= 0.3 is 0 Å². The fourth-order valence-electron chi connectivity index (χ4n) is 0.985. The van der Waals surface area contributed by atoms with E-state index >= 15 is 0 Å². The first-order valence-electron chi connectivity index (χ1n) is 4.69. The number of ether oxygens (including phenoxy) is 1. The standard InChI is InChI=1S/C11H17NOSi/c1-13-11-7-10(8-12-9-11)5-6-14(2,3)4/h5-9H,1-4H3/b6-5+. The Labute approximate surface area is 86.6 Å². The van der Waals surface area contributed by atoms with E-state index in [-0.39, 0.29) is 0 Å². The van der Waals surface area contributed by atoms with Gasteiger partial charge in [-0.3, -0.25) is 4.98 Å². The van der Waals surface area contributed by atoms with Gasteiger partial charge in [0, 0.05) is 6.20 Å². The van der Waals surface area contributed by atoms with Gasteiger partial charge < -0.3 is 4.74 Å². The summed E-state index contributed by atoms with van der Waals surface area (Å²) in [5.74, 6) is 0.808. The van der Waals surface area contributed by atoms with Gasteiger partial charge in [-0.25, -0.2) is 0 Å². The molecular weight excluding hydrogens is 190 g/mol. The van der Waals surface area contributed by atoms with Crippen LogP contribution in [0.15, 0.2) is 24.2 Å². The minimum Gasteiger partial charge on any atom is -0.495 e. The summed E-state index contributed by atoms with van der Waals surface area (Å²) in [6.07, 6.45) is 5.69. The van der Waals surface area contributed by atoms with Gasteiger partial charge in [0.2, 0.25) is 0 Å². The maximum absolute atomic E-state index is 5.10. The lowest BCUT2D eigenvalue weighted by Crippen LogP contribution is -2.15. The third-order valence-corrected chi connectivity index (χ3v) is 2.91. The van der Waals surface area contributed by atoms with E-state index in [1.54, 1.807) is 13.3 Å². The lowest BCUT2D eigenvalue weighted by atomic mass is 10.3. The molecule has 1 heterocycles. The van der Waals surface area contributed by atoms with E-state index in [0.29, 0.717) is 0 Å². The van der Waals surface area contributed by atoms with Crippen molar-refractivity contribution in [1.29, 1.82) is 0 Å². The third-order valence-electron chi connectivity index (χ3n) is 1.75. The molecule has 0 aliphatic rings. The molecule has 76 valence electrons. The Morgan fingerprint density at radius 1 is 1.29 bits per heavy atom. The van der Waals surface area contributed by atoms with Crippen LogP contribution in [0.3, 0.4) is 0 Å². The van der Waals surface area contributed by atoms with Gasteiger partial charge in [-0.2, -0.15) is 0 Å². The molecule has 0 atom stereocenters. The minimum absolute atomic E-state index is 0.808. The van der Waals surface area contributed by atoms with Crippen molar-refractivity contribution in [1.82, 2.24) is 4.98 Å². The van der Waals surface area contributed by atoms with Gasteiger partial charge in [0.1, 0.15) is 5.75 Å². The van der Waals surface area contributed by atoms with Gasteiger partial charge in [-0.1, -0.05) is 31.4 Å². The van der Waals surface area contributed by atoms with Crippen molar-refractivity contribution in [3.8, 4) is 5.75 Å². The number of nitrogens with zero attached hydrogens (tertiary/aromatic N) is 1. The van der Waals surface area contributed by atoms with Crippen molar-refractivity contribution in [2.75, 3.05) is 7.11 Å². The van der Waals surface area contributed by atoms with Crippen LogP contribution in [0.25, 0.3) is 6.08 Å². The summed E-state index contributed by atoms with van der Waals surface area (Å²) in [5, 5.41) is 0. The molecule has 3 heteroatoms. The minimum atomic E-state index is -1.12. The number of methoxy groups -OCH3 is 1. The topological polar surface area (TPSA) is 22.1 Å². The molecule has 0 saturated heterocycles. The third kappa shape index (κ3) is 3.74. The summed E-state index contributed by atoms with van der Waals surface area (Å²) >= 11 is 0. The molecule has 2 nitrogen and oxygen atoms in total. The molecule has 14 heavy (non-hydrogen) atoms. The van der Waals surface area contributed by atoms with E-state index in [4.69, 9.17) is 4.74 Å². The molecule has 0 fully saturated rings. The average molecular weight is 207 g/mol. The Morgan fingerprint density at radius 2 is 2.00 bits per heavy atom. The van der Waals surface area contributed by atoms with Crippen LogP contribution in [0.5, 0.6) is 5.75 Å². The molecule has 1 aromatic rings. The van der Waals surface area contributed by atoms with E-state index < -0.39 is 8.07 Å². The van der Waals surface area contributed by atoms with E-state index in [9.17, 15) is 0 Å². The zero-order chi connectivity index (χ0) is 10.6. The lowest BCUT2D eigenvalue weighted by molar-refractivity contribution is 0.413. The molecule has 0 bridgehead atoms. The van der Waals surface area contributed by atoms with E-state index in [2.05, 4.69) is 36.4 Å². The van der Waals surface area contributed by atoms with Gasteiger partial charge in [-0.15, -0.1) is 0 Å². The fraction of sp³-hybridized carbons (Fsp3) is 0.364. The zero-order valence-electron chi connectivity index (χ0n) is 9.24. The van der Waals surface area contributed by atoms with Crippen LogP contribution < -0.4 is 4.74 Å². The molecule has 1 rings (SSSR count). The van der Waals surface area contributed by atoms with Crippen molar-refractivity contribution >= 4 is 14.1 Å². The molecule has 0 aliphatic carbocycles. The molecule has 0 amide bonds. The molecule has 0 aliphatic heterocycles. The molecular formula is C11H17NOSi. The van der Waals surface area contributed by atoms with Crippen LogP contribution in [0, 0.1) is 0 Å². The quantitative estimate of drug-likeness (QED) is 0.711. The highest BCUT2D eigenvalue weighted by Gasteiger charge is 2.06. The second kappa shape index (κ2) is 4.42. The molecule has 0 unspecified atom stereocenters. The number of hydrogen-bond donors (Lipinski definition) is 0. The highest BCUT2D eigenvalue weighted by Crippen LogP contribution is 2.13. The Hall–Kier alpha value is -1.09. The normalized spacial score (nSPS) is 12.0. The van der Waals surface area contributed by atoms with Crippen LogP contribution in [-0.4, -0.2) is 20.2 Å². The largest absolute Gasteiger partial charge is 0.495 e. The molecule has 0 saturated carbocycles. The van der Waals surface area contributed by atoms with Crippen LogP contribution >= 0.6 is 0 Å². The number of pyridine rings is 1. The fourth-order valence-corrected chi connectivity index (χ4v) is 1.68. The van der Waals surface area contributed by atoms with Crippen LogP contribution in [0.4, 0.5) is 0 Å². The predicted molar refractivity (Wildman–Crippen MR) is 63.2 cm³/mol. The zero-order valence-corrected chi connectivity index (χ0v) is 10.2. The number of hydrogen-bond acceptors (Lipinski definition) is 2. The summed E-state index contributed by atoms with van der Waals surface area (Å²) in [5.41, 5.74) is 3.40. The first-order valence-corrected chi connectivity index (χ1v) is 8.27. The van der Waals surface area contributed by atoms with Crippen molar-refractivity contribution in [3.63, 3.8) is 0 Å². The Balaban J connectivity index is 2.82. The van der Waals surface area contributed by atoms with Crippen LogP contribution in [0.2, 0.25) is 19.6 Å². The Kier molecular flexibility index (Phi) is 3.47. The van der Waals surface area contributed by atoms with Crippen LogP contribution in [0.1, 0.15) is 5.56 Å². The van der Waals surface area contributed by atoms with Gasteiger partial charge in [0.05, 0.1) is 21.4 Å². The van der Waals surface area contributed by atoms with Crippen molar-refractivity contribution < 1.29 is 4.74 Å². The monoisotopic (exact) mass is 207 g/mol. The first-order chi connectivity index (χ1) is 6.51. The van der Waals surface area contributed by atoms with Crippen molar-refractivity contribution in [3.05, 3.63) is 29.7 Å². The number of aromatic nitrogens is 1. The summed E-state index contributed by atoms with van der Waals surface area (Å²) in [7, 11) is 0.539. The maximum Gasteiger partial charge on any atom is 0.137 e. The summed E-state index contributed by atoms with van der Waals surface area (Å²) < 4.78 is 5.10.